The smallest absolute Gasteiger partial charge is 0.0870 e. The van der Waals surface area contributed by atoms with E-state index in [0.29, 0.717) is 6.61 Å². The maximum absolute atomic E-state index is 9.56. The molecule has 0 radical (unpaired) electrons. The third-order valence-electron chi connectivity index (χ3n) is 2.44. The molecule has 0 amide bonds. The summed E-state index contributed by atoms with van der Waals surface area (Å²) in [6.45, 7) is 4.71. The number of rotatable bonds is 2. The molecule has 1 saturated carbocycles. The Morgan fingerprint density at radius 3 is 3.00 bits per heavy atom. The molecule has 0 aromatic rings. The first-order valence-corrected chi connectivity index (χ1v) is 4.71. The maximum Gasteiger partial charge on any atom is 0.0870 e. The summed E-state index contributed by atoms with van der Waals surface area (Å²) in [7, 11) is 0. The third kappa shape index (κ3) is 2.32. The Balaban J connectivity index is 2.47. The minimum Gasteiger partial charge on any atom is -0.390 e. The van der Waals surface area contributed by atoms with Gasteiger partial charge in [0.25, 0.3) is 0 Å². The first kappa shape index (κ1) is 9.75. The molecule has 1 fully saturated rings. The van der Waals surface area contributed by atoms with E-state index in [1.165, 1.54) is 5.57 Å². The Morgan fingerprint density at radius 1 is 1.67 bits per heavy atom. The van der Waals surface area contributed by atoms with Crippen molar-refractivity contribution >= 4 is 0 Å². The molecule has 0 spiro atoms. The molecule has 0 aliphatic heterocycles. The molecule has 1 aliphatic carbocycles. The first-order chi connectivity index (χ1) is 5.77. The molecule has 70 valence electrons. The van der Waals surface area contributed by atoms with E-state index in [2.05, 4.69) is 13.0 Å². The Hall–Kier alpha value is -0.340. The first-order valence-electron chi connectivity index (χ1n) is 4.71. The summed E-state index contributed by atoms with van der Waals surface area (Å²) in [4.78, 5) is 0. The van der Waals surface area contributed by atoms with Gasteiger partial charge < -0.3 is 9.84 Å². The van der Waals surface area contributed by atoms with Gasteiger partial charge in [0.15, 0.2) is 0 Å². The quantitative estimate of drug-likeness (QED) is 0.641. The van der Waals surface area contributed by atoms with Crippen molar-refractivity contribution in [2.24, 2.45) is 0 Å². The van der Waals surface area contributed by atoms with Crippen LogP contribution in [-0.2, 0) is 4.74 Å². The van der Waals surface area contributed by atoms with Crippen molar-refractivity contribution in [2.45, 2.75) is 45.3 Å². The molecule has 2 unspecified atom stereocenters. The monoisotopic (exact) mass is 170 g/mol. The summed E-state index contributed by atoms with van der Waals surface area (Å²) in [6, 6.07) is 0. The molecule has 0 saturated heterocycles. The van der Waals surface area contributed by atoms with Gasteiger partial charge in [-0.3, -0.25) is 0 Å². The zero-order valence-electron chi connectivity index (χ0n) is 7.92. The zero-order chi connectivity index (χ0) is 8.97. The van der Waals surface area contributed by atoms with Crippen LogP contribution in [0.3, 0.4) is 0 Å². The molecule has 0 aromatic carbocycles. The second-order valence-corrected chi connectivity index (χ2v) is 3.25. The molecule has 1 N–H and O–H groups in total. The van der Waals surface area contributed by atoms with Gasteiger partial charge in [0.1, 0.15) is 0 Å². The number of ether oxygens (including phenoxy) is 1. The van der Waals surface area contributed by atoms with Crippen LogP contribution >= 0.6 is 0 Å². The largest absolute Gasteiger partial charge is 0.390 e. The second kappa shape index (κ2) is 4.63. The SMILES string of the molecule is C/C=C1\CCC(O)C(OCC)C1. The third-order valence-corrected chi connectivity index (χ3v) is 2.44. The molecular weight excluding hydrogens is 152 g/mol. The normalized spacial score (nSPS) is 34.1. The number of aliphatic hydroxyl groups is 1. The van der Waals surface area contributed by atoms with Crippen LogP contribution < -0.4 is 0 Å². The van der Waals surface area contributed by atoms with Crippen molar-refractivity contribution in [3.63, 3.8) is 0 Å². The molecule has 2 atom stereocenters. The van der Waals surface area contributed by atoms with Gasteiger partial charge in [-0.25, -0.2) is 0 Å². The summed E-state index contributed by atoms with van der Waals surface area (Å²) < 4.78 is 5.44. The fourth-order valence-corrected chi connectivity index (χ4v) is 1.66. The summed E-state index contributed by atoms with van der Waals surface area (Å²) >= 11 is 0. The lowest BCUT2D eigenvalue weighted by Crippen LogP contribution is -2.33. The van der Waals surface area contributed by atoms with Crippen LogP contribution in [0.2, 0.25) is 0 Å². The molecule has 12 heavy (non-hydrogen) atoms. The van der Waals surface area contributed by atoms with E-state index in [9.17, 15) is 5.11 Å². The maximum atomic E-state index is 9.56. The Kier molecular flexibility index (Phi) is 3.76. The van der Waals surface area contributed by atoms with Crippen LogP contribution in [0.5, 0.6) is 0 Å². The minimum absolute atomic E-state index is 0.0370. The average molecular weight is 170 g/mol. The van der Waals surface area contributed by atoms with E-state index in [1.807, 2.05) is 6.92 Å². The molecular formula is C10H18O2. The zero-order valence-corrected chi connectivity index (χ0v) is 7.92. The lowest BCUT2D eigenvalue weighted by atomic mass is 9.90. The van der Waals surface area contributed by atoms with Crippen molar-refractivity contribution in [2.75, 3.05) is 6.61 Å². The molecule has 0 aromatic heterocycles. The van der Waals surface area contributed by atoms with Crippen LogP contribution in [0, 0.1) is 0 Å². The van der Waals surface area contributed by atoms with Gasteiger partial charge >= 0.3 is 0 Å². The van der Waals surface area contributed by atoms with E-state index >= 15 is 0 Å². The summed E-state index contributed by atoms with van der Waals surface area (Å²) in [5.41, 5.74) is 1.42. The predicted molar refractivity (Wildman–Crippen MR) is 49.0 cm³/mol. The number of allylic oxidation sites excluding steroid dienone is 1. The van der Waals surface area contributed by atoms with E-state index in [0.717, 1.165) is 19.3 Å². The fraction of sp³-hybridized carbons (Fsp3) is 0.800. The summed E-state index contributed by atoms with van der Waals surface area (Å²) in [5.74, 6) is 0. The lowest BCUT2D eigenvalue weighted by molar-refractivity contribution is -0.0437. The lowest BCUT2D eigenvalue weighted by Gasteiger charge is -2.29. The van der Waals surface area contributed by atoms with Gasteiger partial charge in [-0.2, -0.15) is 0 Å². The summed E-state index contributed by atoms with van der Waals surface area (Å²) in [6.07, 6.45) is 4.71. The topological polar surface area (TPSA) is 29.5 Å². The molecule has 1 rings (SSSR count). The number of hydrogen-bond donors (Lipinski definition) is 1. The van der Waals surface area contributed by atoms with Crippen molar-refractivity contribution in [3.05, 3.63) is 11.6 Å². The highest BCUT2D eigenvalue weighted by Gasteiger charge is 2.25. The number of aliphatic hydroxyl groups excluding tert-OH is 1. The van der Waals surface area contributed by atoms with E-state index in [4.69, 9.17) is 4.74 Å². The molecule has 2 heteroatoms. The Labute approximate surface area is 74.2 Å². The molecule has 0 bridgehead atoms. The number of hydrogen-bond acceptors (Lipinski definition) is 2. The van der Waals surface area contributed by atoms with Crippen LogP contribution in [0.1, 0.15) is 33.1 Å². The van der Waals surface area contributed by atoms with E-state index in [1.54, 1.807) is 0 Å². The highest BCUT2D eigenvalue weighted by molar-refractivity contribution is 5.07. The van der Waals surface area contributed by atoms with Gasteiger partial charge in [0, 0.05) is 6.61 Å². The van der Waals surface area contributed by atoms with Crippen LogP contribution in [0.15, 0.2) is 11.6 Å². The van der Waals surface area contributed by atoms with E-state index < -0.39 is 0 Å². The van der Waals surface area contributed by atoms with Gasteiger partial charge in [-0.05, 0) is 33.1 Å². The van der Waals surface area contributed by atoms with Crippen molar-refractivity contribution < 1.29 is 9.84 Å². The minimum atomic E-state index is -0.256. The summed E-state index contributed by atoms with van der Waals surface area (Å²) in [5, 5.41) is 9.56. The van der Waals surface area contributed by atoms with Crippen molar-refractivity contribution in [1.82, 2.24) is 0 Å². The van der Waals surface area contributed by atoms with E-state index in [-0.39, 0.29) is 12.2 Å². The predicted octanol–water partition coefficient (Wildman–Crippen LogP) is 1.88. The van der Waals surface area contributed by atoms with Gasteiger partial charge in [-0.1, -0.05) is 11.6 Å². The van der Waals surface area contributed by atoms with Crippen LogP contribution in [0.4, 0.5) is 0 Å². The van der Waals surface area contributed by atoms with Crippen molar-refractivity contribution in [3.8, 4) is 0 Å². The van der Waals surface area contributed by atoms with Gasteiger partial charge in [0.05, 0.1) is 12.2 Å². The standard InChI is InChI=1S/C10H18O2/c1-3-8-5-6-9(11)10(7-8)12-4-2/h3,9-11H,4-7H2,1-2H3/b8-3+. The highest BCUT2D eigenvalue weighted by Crippen LogP contribution is 2.25. The van der Waals surface area contributed by atoms with Crippen molar-refractivity contribution in [1.29, 1.82) is 0 Å². The Morgan fingerprint density at radius 2 is 2.42 bits per heavy atom. The second-order valence-electron chi connectivity index (χ2n) is 3.25. The van der Waals surface area contributed by atoms with Crippen LogP contribution in [0.25, 0.3) is 0 Å². The molecule has 1 aliphatic rings. The highest BCUT2D eigenvalue weighted by atomic mass is 16.5. The average Bonchev–Trinajstić information content (AvgIpc) is 2.09. The molecule has 2 nitrogen and oxygen atoms in total. The molecule has 0 heterocycles. The van der Waals surface area contributed by atoms with Gasteiger partial charge in [-0.15, -0.1) is 0 Å². The van der Waals surface area contributed by atoms with Gasteiger partial charge in [0.2, 0.25) is 0 Å². The fourth-order valence-electron chi connectivity index (χ4n) is 1.66. The van der Waals surface area contributed by atoms with Crippen LogP contribution in [-0.4, -0.2) is 23.9 Å². The Bertz CT molecular complexity index is 163.